The molecule has 3 aliphatic rings. The van der Waals surface area contributed by atoms with Crippen molar-refractivity contribution in [3.8, 4) is 22.7 Å². The number of para-hydroxylation sites is 8. The van der Waals surface area contributed by atoms with E-state index in [1.807, 2.05) is 36.4 Å². The van der Waals surface area contributed by atoms with Gasteiger partial charge >= 0.3 is 11.9 Å². The number of fused-ring (bicyclic) bond motifs is 14. The molecular formula is C80H64N4O4. The monoisotopic (exact) mass is 1140 g/mol. The maximum Gasteiger partial charge on any atom is 0.338 e. The van der Waals surface area contributed by atoms with Gasteiger partial charge in [0, 0.05) is 65.8 Å². The Bertz CT molecular complexity index is 4690. The molecule has 6 atom stereocenters. The zero-order valence-electron chi connectivity index (χ0n) is 48.8. The van der Waals surface area contributed by atoms with E-state index in [0.29, 0.717) is 53.9 Å². The van der Waals surface area contributed by atoms with Crippen LogP contribution in [0.1, 0.15) is 46.4 Å². The van der Waals surface area contributed by atoms with E-state index in [2.05, 4.69) is 250 Å². The predicted molar refractivity (Wildman–Crippen MR) is 360 cm³/mol. The van der Waals surface area contributed by atoms with Gasteiger partial charge in [-0.05, 0) is 146 Å². The SMILES string of the molecule is C=CC1CC(C=C)C(COC(=O)c2cc(-n3c4ccccc4c4ccccc43)cc(-n3c4ccccc4c4ccccc43)c2)C1.O=C(OCC1CC2C=CC1C2)c1cc(-n2c3ccccc3c3ccccc32)cc(-n2c3ccccc3c3ccccc32)c1. The summed E-state index contributed by atoms with van der Waals surface area (Å²) in [6.07, 6.45) is 13.0. The van der Waals surface area contributed by atoms with Crippen LogP contribution in [-0.2, 0) is 9.47 Å². The van der Waals surface area contributed by atoms with Gasteiger partial charge in [0.2, 0.25) is 0 Å². The molecule has 2 saturated carbocycles. The number of benzene rings is 10. The van der Waals surface area contributed by atoms with Gasteiger partial charge in [0.05, 0.1) is 68.5 Å². The molecule has 14 aromatic rings. The van der Waals surface area contributed by atoms with Crippen molar-refractivity contribution in [2.45, 2.75) is 25.7 Å². The van der Waals surface area contributed by atoms with Crippen LogP contribution in [0.2, 0.25) is 0 Å². The summed E-state index contributed by atoms with van der Waals surface area (Å²) in [5, 5.41) is 9.45. The molecule has 17 rings (SSSR count). The Hall–Kier alpha value is -10.4. The van der Waals surface area contributed by atoms with E-state index in [4.69, 9.17) is 9.47 Å². The molecule has 2 fully saturated rings. The van der Waals surface area contributed by atoms with Crippen molar-refractivity contribution in [1.29, 1.82) is 0 Å². The van der Waals surface area contributed by atoms with Crippen molar-refractivity contribution in [3.63, 3.8) is 0 Å². The number of hydrogen-bond donors (Lipinski definition) is 0. The normalized spacial score (nSPS) is 18.7. The van der Waals surface area contributed by atoms with Gasteiger partial charge in [-0.1, -0.05) is 170 Å². The minimum atomic E-state index is -0.315. The highest BCUT2D eigenvalue weighted by Crippen LogP contribution is 2.45. The molecule has 0 radical (unpaired) electrons. The van der Waals surface area contributed by atoms with Crippen LogP contribution in [0.15, 0.2) is 268 Å². The summed E-state index contributed by atoms with van der Waals surface area (Å²) < 4.78 is 21.2. The van der Waals surface area contributed by atoms with Crippen LogP contribution in [0.3, 0.4) is 0 Å². The van der Waals surface area contributed by atoms with E-state index >= 15 is 0 Å². The topological polar surface area (TPSA) is 72.3 Å². The molecule has 88 heavy (non-hydrogen) atoms. The first-order valence-electron chi connectivity index (χ1n) is 30.9. The highest BCUT2D eigenvalue weighted by atomic mass is 16.5. The van der Waals surface area contributed by atoms with Crippen molar-refractivity contribution < 1.29 is 19.1 Å². The van der Waals surface area contributed by atoms with E-state index in [1.54, 1.807) is 0 Å². The van der Waals surface area contributed by atoms with Crippen LogP contribution >= 0.6 is 0 Å². The summed E-state index contributed by atoms with van der Waals surface area (Å²) in [7, 11) is 0. The summed E-state index contributed by atoms with van der Waals surface area (Å²) in [5.74, 6) is 2.00. The lowest BCUT2D eigenvalue weighted by atomic mass is 9.95. The molecule has 0 spiro atoms. The molecule has 6 unspecified atom stereocenters. The molecule has 10 aromatic carbocycles. The lowest BCUT2D eigenvalue weighted by Gasteiger charge is -2.19. The lowest BCUT2D eigenvalue weighted by Crippen LogP contribution is -2.18. The maximum absolute atomic E-state index is 14.0. The van der Waals surface area contributed by atoms with Gasteiger partial charge in [0.1, 0.15) is 0 Å². The van der Waals surface area contributed by atoms with E-state index in [-0.39, 0.29) is 17.9 Å². The molecule has 0 amide bonds. The van der Waals surface area contributed by atoms with Crippen LogP contribution in [0, 0.1) is 35.5 Å². The Labute approximate surface area is 510 Å². The number of carbonyl (C=O) groups excluding carboxylic acids is 2. The van der Waals surface area contributed by atoms with Crippen LogP contribution in [0.25, 0.3) is 110 Å². The summed E-state index contributed by atoms with van der Waals surface area (Å²) >= 11 is 0. The molecule has 3 aliphatic carbocycles. The van der Waals surface area contributed by atoms with Gasteiger partial charge in [0.15, 0.2) is 0 Å². The van der Waals surface area contributed by atoms with Gasteiger partial charge in [-0.2, -0.15) is 0 Å². The third-order valence-electron chi connectivity index (χ3n) is 19.3. The van der Waals surface area contributed by atoms with E-state index in [9.17, 15) is 9.59 Å². The van der Waals surface area contributed by atoms with Gasteiger partial charge in [-0.15, -0.1) is 13.2 Å². The number of esters is 2. The lowest BCUT2D eigenvalue weighted by molar-refractivity contribution is 0.0413. The molecule has 8 heteroatoms. The number of hydrogen-bond acceptors (Lipinski definition) is 4. The molecule has 8 nitrogen and oxygen atoms in total. The summed E-state index contributed by atoms with van der Waals surface area (Å²) in [4.78, 5) is 27.8. The fourth-order valence-electron chi connectivity index (χ4n) is 15.2. The van der Waals surface area contributed by atoms with Crippen LogP contribution in [0.5, 0.6) is 0 Å². The minimum Gasteiger partial charge on any atom is -0.462 e. The molecule has 428 valence electrons. The van der Waals surface area contributed by atoms with E-state index < -0.39 is 0 Å². The second-order valence-corrected chi connectivity index (χ2v) is 24.3. The van der Waals surface area contributed by atoms with Gasteiger partial charge in [0.25, 0.3) is 0 Å². The molecular weight excluding hydrogens is 1080 g/mol. The first kappa shape index (κ1) is 53.1. The van der Waals surface area contributed by atoms with E-state index in [1.165, 1.54) is 49.5 Å². The van der Waals surface area contributed by atoms with Gasteiger partial charge in [-0.3, -0.25) is 0 Å². The number of carbonyl (C=O) groups is 2. The molecule has 0 aliphatic heterocycles. The van der Waals surface area contributed by atoms with Crippen molar-refractivity contribution >= 4 is 99.2 Å². The average Bonchev–Trinajstić information content (AvgIpc) is 1.74. The van der Waals surface area contributed by atoms with Crippen LogP contribution in [-0.4, -0.2) is 43.4 Å². The minimum absolute atomic E-state index is 0.242. The first-order valence-corrected chi connectivity index (χ1v) is 30.9. The predicted octanol–water partition coefficient (Wildman–Crippen LogP) is 19.3. The van der Waals surface area contributed by atoms with Gasteiger partial charge < -0.3 is 27.7 Å². The number of aromatic nitrogens is 4. The highest BCUT2D eigenvalue weighted by Gasteiger charge is 2.37. The Morgan fingerprint density at radius 3 is 0.943 bits per heavy atom. The summed E-state index contributed by atoms with van der Waals surface area (Å²) in [6.45, 7) is 8.87. The van der Waals surface area contributed by atoms with E-state index in [0.717, 1.165) is 86.1 Å². The first-order chi connectivity index (χ1) is 43.4. The maximum atomic E-state index is 14.0. The molecule has 4 aromatic heterocycles. The van der Waals surface area contributed by atoms with Crippen LogP contribution in [0.4, 0.5) is 0 Å². The number of allylic oxidation sites excluding steroid dienone is 4. The second-order valence-electron chi connectivity index (χ2n) is 24.3. The zero-order chi connectivity index (χ0) is 59.0. The molecule has 0 N–H and O–H groups in total. The summed E-state index contributed by atoms with van der Waals surface area (Å²) in [5.41, 5.74) is 13.6. The largest absolute Gasteiger partial charge is 0.462 e. The van der Waals surface area contributed by atoms with Crippen LogP contribution < -0.4 is 0 Å². The molecule has 0 saturated heterocycles. The number of rotatable bonds is 12. The molecule has 4 heterocycles. The average molecular weight is 1150 g/mol. The Kier molecular flexibility index (Phi) is 13.2. The quantitative estimate of drug-likeness (QED) is 0.0903. The smallest absolute Gasteiger partial charge is 0.338 e. The number of ether oxygens (including phenoxy) is 2. The third kappa shape index (κ3) is 8.96. The van der Waals surface area contributed by atoms with Crippen molar-refractivity contribution in [2.75, 3.05) is 13.2 Å². The van der Waals surface area contributed by atoms with Crippen molar-refractivity contribution in [1.82, 2.24) is 18.3 Å². The summed E-state index contributed by atoms with van der Waals surface area (Å²) in [6, 6.07) is 80.1. The van der Waals surface area contributed by atoms with Crippen molar-refractivity contribution in [3.05, 3.63) is 279 Å². The highest BCUT2D eigenvalue weighted by molar-refractivity contribution is 6.13. The van der Waals surface area contributed by atoms with Gasteiger partial charge in [-0.25, -0.2) is 9.59 Å². The second kappa shape index (κ2) is 21.8. The standard InChI is InChI=1S/C41H34N2O2.C39H30N2O2/c1-3-27-21-28(4-2)30(22-27)26-45-41(44)29-23-31(42-37-17-9-5-13-33(37)34-14-6-10-18-38(34)42)25-32(24-29)43-39-19-11-7-15-35(39)36-16-8-12-20-40(36)43;42-39(43-24-28-20-25-17-18-26(28)19-25)27-21-29(40-35-13-5-1-9-31(35)32-10-2-6-14-36(32)40)23-30(22-27)41-37-15-7-3-11-33(37)34-12-4-8-16-38(34)41/h3-20,23-25,27-28,30H,1-2,21-22,26H2;1-18,21-23,25-26,28H,19-20,24H2. The van der Waals surface area contributed by atoms with Crippen molar-refractivity contribution in [2.24, 2.45) is 35.5 Å². The molecule has 2 bridgehead atoms. The third-order valence-corrected chi connectivity index (χ3v) is 19.3. The fraction of sp³-hybridized carbons (Fsp3) is 0.150. The Morgan fingerprint density at radius 2 is 0.670 bits per heavy atom. The Morgan fingerprint density at radius 1 is 0.364 bits per heavy atom. The fourth-order valence-corrected chi connectivity index (χ4v) is 15.2. The number of nitrogens with zero attached hydrogens (tertiary/aromatic N) is 4. The Balaban J connectivity index is 0.000000142. The zero-order valence-corrected chi connectivity index (χ0v) is 48.8.